The number of ether oxygens (including phenoxy) is 1. The number of carbonyl (C=O) groups is 3. The number of carboxylic acids is 1. The van der Waals surface area contributed by atoms with Crippen molar-refractivity contribution >= 4 is 35.5 Å². The number of carboxylic acid groups (broad SMARTS) is 1. The quantitative estimate of drug-likeness (QED) is 0.484. The van der Waals surface area contributed by atoms with Crippen LogP contribution < -0.4 is 15.4 Å². The molecule has 0 saturated heterocycles. The first kappa shape index (κ1) is 24.0. The first-order valence-corrected chi connectivity index (χ1v) is 10.1. The van der Waals surface area contributed by atoms with Crippen LogP contribution in [-0.2, 0) is 9.59 Å². The molecule has 0 bridgehead atoms. The fourth-order valence-corrected chi connectivity index (χ4v) is 2.55. The van der Waals surface area contributed by atoms with E-state index in [9.17, 15) is 14.4 Å². The van der Waals surface area contributed by atoms with E-state index in [1.807, 2.05) is 13.8 Å². The van der Waals surface area contributed by atoms with Crippen molar-refractivity contribution < 1.29 is 24.2 Å². The number of aliphatic carboxylic acids is 1. The summed E-state index contributed by atoms with van der Waals surface area (Å²) in [5.74, 6) is -1.09. The minimum Gasteiger partial charge on any atom is -0.493 e. The summed E-state index contributed by atoms with van der Waals surface area (Å²) < 4.78 is 5.61. The second-order valence-corrected chi connectivity index (χ2v) is 7.63. The molecule has 2 aromatic carbocycles. The summed E-state index contributed by atoms with van der Waals surface area (Å²) in [7, 11) is 0. The topological polar surface area (TPSA) is 105 Å². The van der Waals surface area contributed by atoms with Gasteiger partial charge in [-0.1, -0.05) is 37.6 Å². The zero-order chi connectivity index (χ0) is 22.8. The molecule has 0 atom stereocenters. The second kappa shape index (κ2) is 11.8. The molecular weight excluding hydrogens is 420 g/mol. The van der Waals surface area contributed by atoms with Gasteiger partial charge in [0.05, 0.1) is 13.0 Å². The maximum atomic E-state index is 12.7. The molecule has 0 unspecified atom stereocenters. The third-order valence-corrected chi connectivity index (χ3v) is 4.25. The van der Waals surface area contributed by atoms with Crippen LogP contribution in [0.15, 0.2) is 54.2 Å². The predicted octanol–water partition coefficient (Wildman–Crippen LogP) is 3.74. The van der Waals surface area contributed by atoms with E-state index in [1.54, 1.807) is 48.5 Å². The molecular formula is C23H25ClN2O5. The lowest BCUT2D eigenvalue weighted by atomic mass is 10.1. The molecule has 0 aliphatic heterocycles. The highest BCUT2D eigenvalue weighted by Crippen LogP contribution is 2.15. The minimum atomic E-state index is -1.03. The van der Waals surface area contributed by atoms with Gasteiger partial charge in [-0.2, -0.15) is 0 Å². The average molecular weight is 445 g/mol. The lowest BCUT2D eigenvalue weighted by Crippen LogP contribution is -2.35. The molecule has 0 aliphatic carbocycles. The fraction of sp³-hybridized carbons (Fsp3) is 0.261. The van der Waals surface area contributed by atoms with E-state index in [0.717, 1.165) is 0 Å². The van der Waals surface area contributed by atoms with Gasteiger partial charge < -0.3 is 20.5 Å². The van der Waals surface area contributed by atoms with Gasteiger partial charge in [0.15, 0.2) is 0 Å². The number of benzene rings is 2. The van der Waals surface area contributed by atoms with Gasteiger partial charge in [0, 0.05) is 17.1 Å². The lowest BCUT2D eigenvalue weighted by molar-refractivity contribution is -0.136. The minimum absolute atomic E-state index is 0.0159. The van der Waals surface area contributed by atoms with Crippen molar-refractivity contribution in [2.75, 3.05) is 13.2 Å². The van der Waals surface area contributed by atoms with Gasteiger partial charge in [-0.3, -0.25) is 14.4 Å². The summed E-state index contributed by atoms with van der Waals surface area (Å²) in [5.41, 5.74) is 0.973. The zero-order valence-corrected chi connectivity index (χ0v) is 18.1. The molecule has 0 aromatic heterocycles. The third kappa shape index (κ3) is 8.52. The highest BCUT2D eigenvalue weighted by atomic mass is 35.5. The molecule has 0 spiro atoms. The Kier molecular flexibility index (Phi) is 9.09. The fourth-order valence-electron chi connectivity index (χ4n) is 2.42. The predicted molar refractivity (Wildman–Crippen MR) is 119 cm³/mol. The molecule has 2 rings (SSSR count). The van der Waals surface area contributed by atoms with E-state index in [-0.39, 0.29) is 18.7 Å². The van der Waals surface area contributed by atoms with Crippen molar-refractivity contribution in [1.29, 1.82) is 0 Å². The Bertz CT molecular complexity index is 937. The Balaban J connectivity index is 2.15. The van der Waals surface area contributed by atoms with Gasteiger partial charge in [-0.15, -0.1) is 0 Å². The van der Waals surface area contributed by atoms with Crippen LogP contribution in [0, 0.1) is 5.92 Å². The van der Waals surface area contributed by atoms with Crippen LogP contribution >= 0.6 is 11.6 Å². The zero-order valence-electron chi connectivity index (χ0n) is 17.4. The van der Waals surface area contributed by atoms with E-state index >= 15 is 0 Å². The molecule has 0 aliphatic rings. The maximum absolute atomic E-state index is 12.7. The lowest BCUT2D eigenvalue weighted by Gasteiger charge is -2.12. The molecule has 0 heterocycles. The largest absolute Gasteiger partial charge is 0.493 e. The van der Waals surface area contributed by atoms with Crippen molar-refractivity contribution in [2.24, 2.45) is 5.92 Å². The SMILES string of the molecule is CC(C)COc1ccc(C(=O)NC(=Cc2ccc(Cl)cc2)C(=O)NCCC(=O)O)cc1. The monoisotopic (exact) mass is 444 g/mol. The molecule has 8 heteroatoms. The van der Waals surface area contributed by atoms with E-state index < -0.39 is 17.8 Å². The number of hydrogen-bond acceptors (Lipinski definition) is 4. The van der Waals surface area contributed by atoms with Gasteiger partial charge >= 0.3 is 5.97 Å². The van der Waals surface area contributed by atoms with Crippen molar-refractivity contribution in [2.45, 2.75) is 20.3 Å². The normalized spacial score (nSPS) is 11.2. The van der Waals surface area contributed by atoms with Crippen LogP contribution in [0.2, 0.25) is 5.02 Å². The Labute approximate surface area is 186 Å². The Hall–Kier alpha value is -3.32. The summed E-state index contributed by atoms with van der Waals surface area (Å²) in [4.78, 5) is 35.9. The van der Waals surface area contributed by atoms with Crippen LogP contribution in [-0.4, -0.2) is 36.0 Å². The van der Waals surface area contributed by atoms with E-state index in [1.165, 1.54) is 6.08 Å². The molecule has 0 saturated carbocycles. The van der Waals surface area contributed by atoms with Gasteiger partial charge in [0.2, 0.25) is 0 Å². The molecule has 3 N–H and O–H groups in total. The molecule has 0 radical (unpaired) electrons. The highest BCUT2D eigenvalue weighted by Gasteiger charge is 2.15. The van der Waals surface area contributed by atoms with Crippen molar-refractivity contribution in [3.8, 4) is 5.75 Å². The molecule has 2 aromatic rings. The summed E-state index contributed by atoms with van der Waals surface area (Å²) in [5, 5.41) is 14.4. The van der Waals surface area contributed by atoms with Crippen LogP contribution in [0.5, 0.6) is 5.75 Å². The van der Waals surface area contributed by atoms with Crippen molar-refractivity contribution in [1.82, 2.24) is 10.6 Å². The molecule has 2 amide bonds. The second-order valence-electron chi connectivity index (χ2n) is 7.19. The standard InChI is InChI=1S/C23H25ClN2O5/c1-15(2)14-31-19-9-5-17(6-10-19)22(29)26-20(23(30)25-12-11-21(27)28)13-16-3-7-18(24)8-4-16/h3-10,13,15H,11-12,14H2,1-2H3,(H,25,30)(H,26,29)(H,27,28). The van der Waals surface area contributed by atoms with Crippen LogP contribution in [0.3, 0.4) is 0 Å². The number of carbonyl (C=O) groups excluding carboxylic acids is 2. The smallest absolute Gasteiger partial charge is 0.305 e. The summed E-state index contributed by atoms with van der Waals surface area (Å²) in [6, 6.07) is 13.3. The maximum Gasteiger partial charge on any atom is 0.305 e. The van der Waals surface area contributed by atoms with Crippen LogP contribution in [0.1, 0.15) is 36.2 Å². The number of nitrogens with one attached hydrogen (secondary N) is 2. The van der Waals surface area contributed by atoms with Gasteiger partial charge in [0.25, 0.3) is 11.8 Å². The van der Waals surface area contributed by atoms with E-state index in [0.29, 0.717) is 34.4 Å². The van der Waals surface area contributed by atoms with Gasteiger partial charge in [-0.25, -0.2) is 0 Å². The summed E-state index contributed by atoms with van der Waals surface area (Å²) in [6.07, 6.45) is 1.26. The molecule has 7 nitrogen and oxygen atoms in total. The van der Waals surface area contributed by atoms with Gasteiger partial charge in [-0.05, 0) is 54.0 Å². The molecule has 31 heavy (non-hydrogen) atoms. The van der Waals surface area contributed by atoms with E-state index in [2.05, 4.69) is 10.6 Å². The number of halogens is 1. The average Bonchev–Trinajstić information content (AvgIpc) is 2.73. The third-order valence-electron chi connectivity index (χ3n) is 4.00. The summed E-state index contributed by atoms with van der Waals surface area (Å²) >= 11 is 5.89. The summed E-state index contributed by atoms with van der Waals surface area (Å²) in [6.45, 7) is 4.58. The van der Waals surface area contributed by atoms with Gasteiger partial charge in [0.1, 0.15) is 11.4 Å². The number of rotatable bonds is 10. The first-order valence-electron chi connectivity index (χ1n) is 9.76. The van der Waals surface area contributed by atoms with E-state index in [4.69, 9.17) is 21.4 Å². The number of amides is 2. The Morgan fingerprint density at radius 1 is 1.06 bits per heavy atom. The van der Waals surface area contributed by atoms with Crippen LogP contribution in [0.25, 0.3) is 6.08 Å². The first-order chi connectivity index (χ1) is 14.7. The highest BCUT2D eigenvalue weighted by molar-refractivity contribution is 6.30. The number of hydrogen-bond donors (Lipinski definition) is 3. The van der Waals surface area contributed by atoms with Crippen molar-refractivity contribution in [3.63, 3.8) is 0 Å². The Morgan fingerprint density at radius 2 is 1.71 bits per heavy atom. The van der Waals surface area contributed by atoms with Crippen molar-refractivity contribution in [3.05, 3.63) is 70.4 Å². The van der Waals surface area contributed by atoms with Crippen LogP contribution in [0.4, 0.5) is 0 Å². The molecule has 164 valence electrons. The molecule has 0 fully saturated rings. The Morgan fingerprint density at radius 3 is 2.29 bits per heavy atom.